The lowest BCUT2D eigenvalue weighted by molar-refractivity contribution is -0.159. The van der Waals surface area contributed by atoms with Crippen molar-refractivity contribution in [3.05, 3.63) is 11.6 Å². The highest BCUT2D eigenvalue weighted by molar-refractivity contribution is 6.74. The highest BCUT2D eigenvalue weighted by Crippen LogP contribution is 2.47. The van der Waals surface area contributed by atoms with Crippen LogP contribution in [0, 0.1) is 0 Å². The molecule has 0 N–H and O–H groups in total. The molecule has 0 amide bonds. The van der Waals surface area contributed by atoms with Crippen molar-refractivity contribution in [3.8, 4) is 0 Å². The number of carbonyl (C=O) groups excluding carboxylic acids is 1. The van der Waals surface area contributed by atoms with Gasteiger partial charge in [-0.3, -0.25) is 4.79 Å². The van der Waals surface area contributed by atoms with Crippen LogP contribution in [-0.2, 0) is 28.2 Å². The lowest BCUT2D eigenvalue weighted by atomic mass is 9.80. The van der Waals surface area contributed by atoms with E-state index < -0.39 is 13.9 Å². The summed E-state index contributed by atoms with van der Waals surface area (Å²) in [7, 11) is -0.372. The molecule has 0 aromatic heterocycles. The number of hydrogen-bond donors (Lipinski definition) is 0. The molecule has 1 aliphatic heterocycles. The van der Waals surface area contributed by atoms with Crippen LogP contribution in [0.15, 0.2) is 11.6 Å². The monoisotopic (exact) mass is 400 g/mol. The lowest BCUT2D eigenvalue weighted by Crippen LogP contribution is -2.50. The van der Waals surface area contributed by atoms with Crippen molar-refractivity contribution < 1.29 is 28.2 Å². The first kappa shape index (κ1) is 22.6. The van der Waals surface area contributed by atoms with Crippen LogP contribution in [0.1, 0.15) is 47.0 Å². The summed E-state index contributed by atoms with van der Waals surface area (Å²) in [5.41, 5.74) is 0.606. The Morgan fingerprint density at radius 2 is 2.04 bits per heavy atom. The van der Waals surface area contributed by atoms with Gasteiger partial charge in [0.15, 0.2) is 8.32 Å². The van der Waals surface area contributed by atoms with Gasteiger partial charge in [-0.1, -0.05) is 26.8 Å². The second-order valence-corrected chi connectivity index (χ2v) is 13.9. The molecule has 0 aromatic carbocycles. The van der Waals surface area contributed by atoms with E-state index in [-0.39, 0.29) is 23.2 Å². The van der Waals surface area contributed by atoms with E-state index in [4.69, 9.17) is 23.4 Å². The number of methoxy groups -OCH3 is 1. The van der Waals surface area contributed by atoms with E-state index in [0.29, 0.717) is 32.8 Å². The summed E-state index contributed by atoms with van der Waals surface area (Å²) in [4.78, 5) is 11.6. The van der Waals surface area contributed by atoms with E-state index in [1.54, 1.807) is 7.11 Å². The minimum Gasteiger partial charge on any atom is -0.457 e. The zero-order valence-corrected chi connectivity index (χ0v) is 18.9. The average Bonchev–Trinajstić information content (AvgIpc) is 2.86. The quantitative estimate of drug-likeness (QED) is 0.203. The Bertz CT molecular complexity index is 553. The van der Waals surface area contributed by atoms with Crippen LogP contribution >= 0.6 is 0 Å². The zero-order chi connectivity index (χ0) is 20.3. The number of esters is 1. The van der Waals surface area contributed by atoms with E-state index in [9.17, 15) is 4.79 Å². The van der Waals surface area contributed by atoms with E-state index in [1.807, 2.05) is 0 Å². The molecule has 1 unspecified atom stereocenters. The summed E-state index contributed by atoms with van der Waals surface area (Å²) in [6.07, 6.45) is 4.16. The molecular weight excluding hydrogens is 364 g/mol. The van der Waals surface area contributed by atoms with Crippen molar-refractivity contribution in [2.45, 2.75) is 82.9 Å². The molecule has 1 heterocycles. The van der Waals surface area contributed by atoms with E-state index >= 15 is 0 Å². The topological polar surface area (TPSA) is 63.2 Å². The number of ether oxygens (including phenoxy) is 4. The van der Waals surface area contributed by atoms with Gasteiger partial charge in [0.25, 0.3) is 0 Å². The normalized spacial score (nSPS) is 30.0. The highest BCUT2D eigenvalue weighted by atomic mass is 28.4. The first-order chi connectivity index (χ1) is 12.5. The second-order valence-electron chi connectivity index (χ2n) is 9.16. The molecule has 27 heavy (non-hydrogen) atoms. The molecule has 3 atom stereocenters. The van der Waals surface area contributed by atoms with Crippen molar-refractivity contribution in [1.82, 2.24) is 0 Å². The maximum atomic E-state index is 11.6. The van der Waals surface area contributed by atoms with Gasteiger partial charge in [-0.05, 0) is 30.1 Å². The molecule has 2 aliphatic rings. The van der Waals surface area contributed by atoms with Crippen molar-refractivity contribution in [2.24, 2.45) is 0 Å². The standard InChI is InChI=1S/C20H36O6Si/c1-15(21)25-20-11-17(24-13-20)16(9-8-10-23-14-22-5)18(12-20)26-27(6,7)19(2,3)4/h9,17-18H,8,10-14H2,1-7H3/b16-9+/t17?,18-,20-/m1/s1. The fourth-order valence-electron chi connectivity index (χ4n) is 3.50. The van der Waals surface area contributed by atoms with Crippen LogP contribution in [0.3, 0.4) is 0 Å². The maximum absolute atomic E-state index is 11.6. The summed E-state index contributed by atoms with van der Waals surface area (Å²) >= 11 is 0. The van der Waals surface area contributed by atoms with Crippen molar-refractivity contribution in [3.63, 3.8) is 0 Å². The first-order valence-electron chi connectivity index (χ1n) is 9.75. The molecule has 156 valence electrons. The Balaban J connectivity index is 2.20. The number of hydrogen-bond acceptors (Lipinski definition) is 6. The molecule has 6 nitrogen and oxygen atoms in total. The van der Waals surface area contributed by atoms with Crippen molar-refractivity contribution in [2.75, 3.05) is 27.1 Å². The molecule has 1 saturated carbocycles. The molecule has 0 spiro atoms. The van der Waals surface area contributed by atoms with E-state index in [2.05, 4.69) is 39.9 Å². The van der Waals surface area contributed by atoms with Crippen LogP contribution in [-0.4, -0.2) is 59.2 Å². The van der Waals surface area contributed by atoms with Gasteiger partial charge >= 0.3 is 5.97 Å². The highest BCUT2D eigenvalue weighted by Gasteiger charge is 2.53. The van der Waals surface area contributed by atoms with Gasteiger partial charge in [0.05, 0.1) is 25.4 Å². The minimum absolute atomic E-state index is 0.0599. The van der Waals surface area contributed by atoms with E-state index in [1.165, 1.54) is 12.5 Å². The lowest BCUT2D eigenvalue weighted by Gasteiger charge is -2.44. The Hall–Kier alpha value is -0.733. The summed E-state index contributed by atoms with van der Waals surface area (Å²) in [5, 5.41) is 0.103. The zero-order valence-electron chi connectivity index (χ0n) is 17.9. The maximum Gasteiger partial charge on any atom is 0.303 e. The fraction of sp³-hybridized carbons (Fsp3) is 0.850. The third-order valence-electron chi connectivity index (χ3n) is 5.85. The summed E-state index contributed by atoms with van der Waals surface area (Å²) < 4.78 is 28.8. The minimum atomic E-state index is -1.99. The molecule has 1 saturated heterocycles. The third-order valence-corrected chi connectivity index (χ3v) is 10.3. The molecular formula is C20H36O6Si. The Morgan fingerprint density at radius 1 is 1.33 bits per heavy atom. The predicted molar refractivity (Wildman–Crippen MR) is 106 cm³/mol. The fourth-order valence-corrected chi connectivity index (χ4v) is 4.79. The molecule has 1 aliphatic carbocycles. The van der Waals surface area contributed by atoms with Crippen molar-refractivity contribution in [1.29, 1.82) is 0 Å². The van der Waals surface area contributed by atoms with Gasteiger partial charge in [0.2, 0.25) is 0 Å². The number of fused-ring (bicyclic) bond motifs is 2. The average molecular weight is 401 g/mol. The number of rotatable bonds is 8. The molecule has 2 fully saturated rings. The van der Waals surface area contributed by atoms with Gasteiger partial charge in [0.1, 0.15) is 12.4 Å². The Labute approximate surface area is 164 Å². The van der Waals surface area contributed by atoms with Crippen LogP contribution in [0.4, 0.5) is 0 Å². The summed E-state index contributed by atoms with van der Waals surface area (Å²) in [5.74, 6) is -0.259. The van der Waals surface area contributed by atoms with Crippen LogP contribution in [0.2, 0.25) is 18.1 Å². The van der Waals surface area contributed by atoms with Gasteiger partial charge in [0, 0.05) is 26.9 Å². The van der Waals surface area contributed by atoms with Gasteiger partial charge in [-0.15, -0.1) is 0 Å². The molecule has 2 rings (SSSR count). The SMILES string of the molecule is COCOCC/C=C1\C2C[C@](OC(C)=O)(CO2)C[C@H]1O[Si](C)(C)C(C)(C)C. The molecule has 0 aromatic rings. The first-order valence-corrected chi connectivity index (χ1v) is 12.7. The van der Waals surface area contributed by atoms with Gasteiger partial charge in [-0.2, -0.15) is 0 Å². The van der Waals surface area contributed by atoms with E-state index in [0.717, 1.165) is 6.42 Å². The largest absolute Gasteiger partial charge is 0.457 e. The predicted octanol–water partition coefficient (Wildman–Crippen LogP) is 3.81. The van der Waals surface area contributed by atoms with Crippen LogP contribution in [0.5, 0.6) is 0 Å². The molecule has 2 bridgehead atoms. The van der Waals surface area contributed by atoms with Crippen molar-refractivity contribution >= 4 is 14.3 Å². The third kappa shape index (κ3) is 5.64. The van der Waals surface area contributed by atoms with Crippen LogP contribution in [0.25, 0.3) is 0 Å². The van der Waals surface area contributed by atoms with Crippen LogP contribution < -0.4 is 0 Å². The Morgan fingerprint density at radius 3 is 2.63 bits per heavy atom. The summed E-state index contributed by atoms with van der Waals surface area (Å²) in [6.45, 7) is 14.0. The smallest absolute Gasteiger partial charge is 0.303 e. The molecule has 0 radical (unpaired) electrons. The van der Waals surface area contributed by atoms with Gasteiger partial charge < -0.3 is 23.4 Å². The second kappa shape index (κ2) is 8.74. The number of carbonyl (C=O) groups is 1. The molecule has 7 heteroatoms. The Kier molecular flexibility index (Phi) is 7.30. The summed E-state index contributed by atoms with van der Waals surface area (Å²) in [6, 6.07) is 0. The van der Waals surface area contributed by atoms with Gasteiger partial charge in [-0.25, -0.2) is 0 Å².